The lowest BCUT2D eigenvalue weighted by Crippen LogP contribution is -2.58. The second-order valence-electron chi connectivity index (χ2n) is 2.91. The van der Waals surface area contributed by atoms with Crippen molar-refractivity contribution in [2.24, 2.45) is 0 Å². The first-order chi connectivity index (χ1) is 6.86. The maximum absolute atomic E-state index is 10.9. The first-order valence-corrected chi connectivity index (χ1v) is 4.30. The van der Waals surface area contributed by atoms with E-state index < -0.39 is 23.4 Å². The summed E-state index contributed by atoms with van der Waals surface area (Å²) in [6, 6.07) is 0. The van der Waals surface area contributed by atoms with Gasteiger partial charge in [0, 0.05) is 6.92 Å². The molecule has 0 aromatic carbocycles. The fourth-order valence-electron chi connectivity index (χ4n) is 0.955. The van der Waals surface area contributed by atoms with E-state index in [1.165, 1.54) is 6.08 Å². The quantitative estimate of drug-likeness (QED) is 0.442. The summed E-state index contributed by atoms with van der Waals surface area (Å²) in [5, 5.41) is 19.5. The fourth-order valence-corrected chi connectivity index (χ4v) is 0.955. The number of allylic oxidation sites excluding steroid dienone is 1. The van der Waals surface area contributed by atoms with Crippen LogP contribution in [-0.4, -0.2) is 33.6 Å². The van der Waals surface area contributed by atoms with E-state index >= 15 is 0 Å². The Kier molecular flexibility index (Phi) is 4.50. The number of rotatable bonds is 5. The SMILES string of the molecule is CCC=CC(NC(C)=O)(C(=O)O)C(=O)O. The molecule has 0 heterocycles. The highest BCUT2D eigenvalue weighted by molar-refractivity contribution is 6.08. The molecule has 6 heteroatoms. The highest BCUT2D eigenvalue weighted by Gasteiger charge is 2.45. The minimum Gasteiger partial charge on any atom is -0.479 e. The van der Waals surface area contributed by atoms with Gasteiger partial charge in [0.05, 0.1) is 0 Å². The molecule has 0 saturated heterocycles. The number of hydrogen-bond acceptors (Lipinski definition) is 3. The molecule has 15 heavy (non-hydrogen) atoms. The van der Waals surface area contributed by atoms with Gasteiger partial charge in [0.15, 0.2) is 0 Å². The van der Waals surface area contributed by atoms with E-state index in [1.54, 1.807) is 6.92 Å². The molecule has 1 amide bonds. The van der Waals surface area contributed by atoms with E-state index in [4.69, 9.17) is 10.2 Å². The molecule has 0 bridgehead atoms. The van der Waals surface area contributed by atoms with Crippen LogP contribution in [0.5, 0.6) is 0 Å². The van der Waals surface area contributed by atoms with E-state index in [1.807, 2.05) is 5.32 Å². The highest BCUT2D eigenvalue weighted by atomic mass is 16.4. The zero-order valence-electron chi connectivity index (χ0n) is 8.48. The Hall–Kier alpha value is -1.85. The van der Waals surface area contributed by atoms with Gasteiger partial charge in [0.2, 0.25) is 5.91 Å². The number of carbonyl (C=O) groups excluding carboxylic acids is 1. The van der Waals surface area contributed by atoms with Crippen molar-refractivity contribution >= 4 is 17.8 Å². The lowest BCUT2D eigenvalue weighted by molar-refractivity contribution is -0.157. The maximum Gasteiger partial charge on any atom is 0.345 e. The maximum atomic E-state index is 10.9. The van der Waals surface area contributed by atoms with Crippen molar-refractivity contribution in [2.45, 2.75) is 25.8 Å². The Morgan fingerprint density at radius 3 is 2.00 bits per heavy atom. The molecule has 0 rings (SSSR count). The molecule has 0 radical (unpaired) electrons. The van der Waals surface area contributed by atoms with Crippen molar-refractivity contribution in [3.63, 3.8) is 0 Å². The normalized spacial score (nSPS) is 11.3. The van der Waals surface area contributed by atoms with Crippen molar-refractivity contribution in [1.82, 2.24) is 5.32 Å². The van der Waals surface area contributed by atoms with E-state index in [0.29, 0.717) is 6.42 Å². The van der Waals surface area contributed by atoms with Crippen LogP contribution in [0.3, 0.4) is 0 Å². The molecule has 0 fully saturated rings. The topological polar surface area (TPSA) is 104 Å². The van der Waals surface area contributed by atoms with Crippen LogP contribution < -0.4 is 5.32 Å². The third kappa shape index (κ3) is 3.08. The van der Waals surface area contributed by atoms with Crippen LogP contribution in [0.1, 0.15) is 20.3 Å². The molecular weight excluding hydrogens is 202 g/mol. The number of carboxylic acids is 2. The monoisotopic (exact) mass is 215 g/mol. The Bertz CT molecular complexity index is 294. The Morgan fingerprint density at radius 1 is 1.27 bits per heavy atom. The van der Waals surface area contributed by atoms with Gasteiger partial charge in [-0.05, 0) is 12.5 Å². The van der Waals surface area contributed by atoms with Crippen LogP contribution in [-0.2, 0) is 14.4 Å². The van der Waals surface area contributed by atoms with E-state index in [2.05, 4.69) is 0 Å². The minimum atomic E-state index is -2.37. The van der Waals surface area contributed by atoms with Crippen molar-refractivity contribution in [3.05, 3.63) is 12.2 Å². The number of carbonyl (C=O) groups is 3. The average Bonchev–Trinajstić information content (AvgIpc) is 2.10. The second kappa shape index (κ2) is 5.14. The third-order valence-electron chi connectivity index (χ3n) is 1.65. The summed E-state index contributed by atoms with van der Waals surface area (Å²) >= 11 is 0. The molecule has 0 aliphatic heterocycles. The lowest BCUT2D eigenvalue weighted by atomic mass is 9.99. The minimum absolute atomic E-state index is 0.474. The van der Waals surface area contributed by atoms with E-state index in [0.717, 1.165) is 13.0 Å². The molecule has 3 N–H and O–H groups in total. The lowest BCUT2D eigenvalue weighted by Gasteiger charge is -2.21. The first kappa shape index (κ1) is 13.2. The summed E-state index contributed by atoms with van der Waals surface area (Å²) in [5.74, 6) is -3.98. The summed E-state index contributed by atoms with van der Waals surface area (Å²) in [6.45, 7) is 2.78. The van der Waals surface area contributed by atoms with Crippen LogP contribution >= 0.6 is 0 Å². The Balaban J connectivity index is 5.26. The standard InChI is InChI=1S/C9H13NO5/c1-3-4-5-9(7(12)13,8(14)15)10-6(2)11/h4-5H,3H2,1-2H3,(H,10,11)(H,12,13)(H,14,15). The van der Waals surface area contributed by atoms with Gasteiger partial charge in [-0.3, -0.25) is 4.79 Å². The molecule has 0 aromatic rings. The fraction of sp³-hybridized carbons (Fsp3) is 0.444. The molecular formula is C9H13NO5. The number of nitrogens with one attached hydrogen (secondary N) is 1. The Morgan fingerprint density at radius 2 is 1.73 bits per heavy atom. The molecule has 0 aliphatic carbocycles. The second-order valence-corrected chi connectivity index (χ2v) is 2.91. The van der Waals surface area contributed by atoms with Crippen LogP contribution in [0.2, 0.25) is 0 Å². The molecule has 0 aliphatic rings. The van der Waals surface area contributed by atoms with E-state index in [9.17, 15) is 14.4 Å². The van der Waals surface area contributed by atoms with Crippen molar-refractivity contribution in [2.75, 3.05) is 0 Å². The van der Waals surface area contributed by atoms with Gasteiger partial charge >= 0.3 is 11.9 Å². The number of carboxylic acid groups (broad SMARTS) is 2. The molecule has 0 saturated carbocycles. The Labute approximate surface area is 86.6 Å². The summed E-state index contributed by atoms with van der Waals surface area (Å²) in [5.41, 5.74) is -2.37. The highest BCUT2D eigenvalue weighted by Crippen LogP contribution is 2.09. The molecule has 0 spiro atoms. The van der Waals surface area contributed by atoms with Crippen molar-refractivity contribution in [3.8, 4) is 0 Å². The van der Waals surface area contributed by atoms with Gasteiger partial charge < -0.3 is 15.5 Å². The number of amides is 1. The predicted octanol–water partition coefficient (Wildman–Crippen LogP) is -0.00330. The zero-order valence-corrected chi connectivity index (χ0v) is 8.48. The smallest absolute Gasteiger partial charge is 0.345 e. The van der Waals surface area contributed by atoms with Gasteiger partial charge in [-0.2, -0.15) is 0 Å². The van der Waals surface area contributed by atoms with Gasteiger partial charge in [-0.25, -0.2) is 9.59 Å². The van der Waals surface area contributed by atoms with Crippen LogP contribution in [0.15, 0.2) is 12.2 Å². The predicted molar refractivity (Wildman–Crippen MR) is 51.3 cm³/mol. The molecule has 84 valence electrons. The van der Waals surface area contributed by atoms with Gasteiger partial charge in [-0.15, -0.1) is 0 Å². The van der Waals surface area contributed by atoms with Crippen LogP contribution in [0.25, 0.3) is 0 Å². The molecule has 6 nitrogen and oxygen atoms in total. The number of hydrogen-bond donors (Lipinski definition) is 3. The zero-order chi connectivity index (χ0) is 12.1. The van der Waals surface area contributed by atoms with Crippen molar-refractivity contribution < 1.29 is 24.6 Å². The van der Waals surface area contributed by atoms with Crippen LogP contribution in [0, 0.1) is 0 Å². The van der Waals surface area contributed by atoms with Gasteiger partial charge in [0.25, 0.3) is 5.54 Å². The van der Waals surface area contributed by atoms with Gasteiger partial charge in [0.1, 0.15) is 0 Å². The average molecular weight is 215 g/mol. The summed E-state index contributed by atoms with van der Waals surface area (Å²) < 4.78 is 0. The van der Waals surface area contributed by atoms with E-state index in [-0.39, 0.29) is 0 Å². The van der Waals surface area contributed by atoms with Crippen LogP contribution in [0.4, 0.5) is 0 Å². The molecule has 0 unspecified atom stereocenters. The molecule has 0 aromatic heterocycles. The summed E-state index contributed by atoms with van der Waals surface area (Å²) in [4.78, 5) is 32.5. The largest absolute Gasteiger partial charge is 0.479 e. The first-order valence-electron chi connectivity index (χ1n) is 4.30. The summed E-state index contributed by atoms with van der Waals surface area (Å²) in [7, 11) is 0. The summed E-state index contributed by atoms with van der Waals surface area (Å²) in [6.07, 6.45) is 2.80. The van der Waals surface area contributed by atoms with Gasteiger partial charge in [-0.1, -0.05) is 13.0 Å². The molecule has 0 atom stereocenters. The number of aliphatic carboxylic acids is 2. The van der Waals surface area contributed by atoms with Crippen molar-refractivity contribution in [1.29, 1.82) is 0 Å². The third-order valence-corrected chi connectivity index (χ3v) is 1.65.